The molecule has 0 atom stereocenters. The highest BCUT2D eigenvalue weighted by molar-refractivity contribution is 7.11. The van der Waals surface area contributed by atoms with E-state index in [0.717, 1.165) is 0 Å². The van der Waals surface area contributed by atoms with E-state index in [1.165, 1.54) is 15.6 Å². The Labute approximate surface area is 69.5 Å². The normalized spacial score (nSPS) is 10.6. The van der Waals surface area contributed by atoms with Crippen LogP contribution in [-0.2, 0) is 6.54 Å². The van der Waals surface area contributed by atoms with Gasteiger partial charge >= 0.3 is 0 Å². The molecule has 11 heavy (non-hydrogen) atoms. The number of rotatable bonds is 1. The Bertz CT molecular complexity index is 364. The second kappa shape index (κ2) is 2.64. The maximum Gasteiger partial charge on any atom is 0.0280 e. The molecule has 0 saturated heterocycles. The van der Waals surface area contributed by atoms with Crippen LogP contribution in [0.15, 0.2) is 29.6 Å². The maximum atomic E-state index is 5.57. The molecule has 0 spiro atoms. The third kappa shape index (κ3) is 1.04. The van der Waals surface area contributed by atoms with Crippen LogP contribution in [0.1, 0.15) is 4.88 Å². The van der Waals surface area contributed by atoms with Gasteiger partial charge in [-0.2, -0.15) is 0 Å². The van der Waals surface area contributed by atoms with Crippen LogP contribution in [-0.4, -0.2) is 0 Å². The summed E-state index contributed by atoms with van der Waals surface area (Å²) < 4.78 is 0. The first-order valence-corrected chi connectivity index (χ1v) is 4.45. The molecule has 1 aromatic carbocycles. The lowest BCUT2D eigenvalue weighted by Crippen LogP contribution is -1.92. The van der Waals surface area contributed by atoms with Crippen molar-refractivity contribution in [3.05, 3.63) is 34.5 Å². The van der Waals surface area contributed by atoms with Crippen LogP contribution in [0.5, 0.6) is 0 Å². The van der Waals surface area contributed by atoms with Crippen LogP contribution < -0.4 is 5.73 Å². The molecule has 0 unspecified atom stereocenters. The van der Waals surface area contributed by atoms with Crippen molar-refractivity contribution in [3.8, 4) is 0 Å². The van der Waals surface area contributed by atoms with Crippen LogP contribution in [0.25, 0.3) is 10.8 Å². The molecule has 0 bridgehead atoms. The Hall–Kier alpha value is -0.860. The summed E-state index contributed by atoms with van der Waals surface area (Å²) in [6.07, 6.45) is 0. The minimum atomic E-state index is 0.651. The van der Waals surface area contributed by atoms with E-state index < -0.39 is 0 Å². The van der Waals surface area contributed by atoms with Crippen molar-refractivity contribution in [1.29, 1.82) is 0 Å². The minimum Gasteiger partial charge on any atom is -0.326 e. The van der Waals surface area contributed by atoms with E-state index in [0.29, 0.717) is 6.54 Å². The molecule has 2 rings (SSSR count). The summed E-state index contributed by atoms with van der Waals surface area (Å²) in [5.74, 6) is 0. The van der Waals surface area contributed by atoms with Gasteiger partial charge in [0.2, 0.25) is 0 Å². The molecule has 1 heterocycles. The van der Waals surface area contributed by atoms with Gasteiger partial charge < -0.3 is 5.73 Å². The largest absolute Gasteiger partial charge is 0.326 e. The van der Waals surface area contributed by atoms with E-state index in [1.807, 2.05) is 6.07 Å². The standard InChI is InChI=1S/C9H9NS/c10-5-9-8-4-2-1-3-7(8)6-11-9/h1-4,6H,5,10H2. The van der Waals surface area contributed by atoms with Crippen LogP contribution in [0.2, 0.25) is 0 Å². The molecule has 0 saturated carbocycles. The van der Waals surface area contributed by atoms with Gasteiger partial charge in [0, 0.05) is 11.4 Å². The fraction of sp³-hybridized carbons (Fsp3) is 0.111. The lowest BCUT2D eigenvalue weighted by atomic mass is 10.2. The summed E-state index contributed by atoms with van der Waals surface area (Å²) in [5.41, 5.74) is 5.57. The fourth-order valence-electron chi connectivity index (χ4n) is 1.21. The van der Waals surface area contributed by atoms with E-state index in [9.17, 15) is 0 Å². The molecule has 0 radical (unpaired) electrons. The summed E-state index contributed by atoms with van der Waals surface area (Å²) in [4.78, 5) is 1.28. The molecular weight excluding hydrogens is 154 g/mol. The lowest BCUT2D eigenvalue weighted by Gasteiger charge is -1.91. The van der Waals surface area contributed by atoms with Gasteiger partial charge in [0.15, 0.2) is 0 Å². The van der Waals surface area contributed by atoms with Crippen LogP contribution >= 0.6 is 11.3 Å². The SMILES string of the molecule is NCc1scc2ccccc12. The second-order valence-corrected chi connectivity index (χ2v) is 3.41. The molecule has 1 nitrogen and oxygen atoms in total. The van der Waals surface area contributed by atoms with E-state index in [1.54, 1.807) is 11.3 Å². The average Bonchev–Trinajstić information content (AvgIpc) is 2.47. The monoisotopic (exact) mass is 163 g/mol. The van der Waals surface area contributed by atoms with Gasteiger partial charge in [0.1, 0.15) is 0 Å². The zero-order valence-corrected chi connectivity index (χ0v) is 6.90. The Balaban J connectivity index is 2.76. The van der Waals surface area contributed by atoms with E-state index in [4.69, 9.17) is 5.73 Å². The molecule has 0 aliphatic heterocycles. The van der Waals surface area contributed by atoms with Gasteiger partial charge in [-0.05, 0) is 16.2 Å². The van der Waals surface area contributed by atoms with E-state index in [-0.39, 0.29) is 0 Å². The highest BCUT2D eigenvalue weighted by Crippen LogP contribution is 2.24. The number of fused-ring (bicyclic) bond motifs is 1. The van der Waals surface area contributed by atoms with Crippen LogP contribution in [0, 0.1) is 0 Å². The van der Waals surface area contributed by atoms with Crippen molar-refractivity contribution in [2.45, 2.75) is 6.54 Å². The van der Waals surface area contributed by atoms with Crippen molar-refractivity contribution >= 4 is 22.1 Å². The fourth-order valence-corrected chi connectivity index (χ4v) is 2.09. The Kier molecular flexibility index (Phi) is 1.64. The molecule has 56 valence electrons. The lowest BCUT2D eigenvalue weighted by molar-refractivity contribution is 1.12. The zero-order chi connectivity index (χ0) is 7.68. The van der Waals surface area contributed by atoms with Crippen LogP contribution in [0.3, 0.4) is 0 Å². The molecule has 0 aliphatic rings. The first kappa shape index (κ1) is 6.83. The average molecular weight is 163 g/mol. The molecular formula is C9H9NS. The van der Waals surface area contributed by atoms with E-state index in [2.05, 4.69) is 23.6 Å². The molecule has 2 aromatic rings. The van der Waals surface area contributed by atoms with Crippen molar-refractivity contribution in [2.24, 2.45) is 5.73 Å². The summed E-state index contributed by atoms with van der Waals surface area (Å²) >= 11 is 1.74. The molecule has 2 heteroatoms. The second-order valence-electron chi connectivity index (χ2n) is 2.45. The van der Waals surface area contributed by atoms with Crippen molar-refractivity contribution in [3.63, 3.8) is 0 Å². The minimum absolute atomic E-state index is 0.651. The van der Waals surface area contributed by atoms with Crippen molar-refractivity contribution < 1.29 is 0 Å². The number of hydrogen-bond donors (Lipinski definition) is 1. The maximum absolute atomic E-state index is 5.57. The van der Waals surface area contributed by atoms with Crippen LogP contribution in [0.4, 0.5) is 0 Å². The Morgan fingerprint density at radius 1 is 1.27 bits per heavy atom. The number of benzene rings is 1. The van der Waals surface area contributed by atoms with Gasteiger partial charge in [-0.15, -0.1) is 11.3 Å². The van der Waals surface area contributed by atoms with Gasteiger partial charge in [-0.25, -0.2) is 0 Å². The molecule has 0 fully saturated rings. The molecule has 2 N–H and O–H groups in total. The number of hydrogen-bond acceptors (Lipinski definition) is 2. The highest BCUT2D eigenvalue weighted by Gasteiger charge is 1.99. The van der Waals surface area contributed by atoms with Crippen molar-refractivity contribution in [1.82, 2.24) is 0 Å². The smallest absolute Gasteiger partial charge is 0.0280 e. The van der Waals surface area contributed by atoms with Gasteiger partial charge in [-0.1, -0.05) is 24.3 Å². The summed E-state index contributed by atoms with van der Waals surface area (Å²) in [6, 6.07) is 8.34. The third-order valence-electron chi connectivity index (χ3n) is 1.77. The topological polar surface area (TPSA) is 26.0 Å². The van der Waals surface area contributed by atoms with Gasteiger partial charge in [-0.3, -0.25) is 0 Å². The molecule has 0 aliphatic carbocycles. The summed E-state index contributed by atoms with van der Waals surface area (Å²) in [6.45, 7) is 0.651. The summed E-state index contributed by atoms with van der Waals surface area (Å²) in [5, 5.41) is 4.76. The molecule has 0 amide bonds. The number of thiophene rings is 1. The molecule has 1 aromatic heterocycles. The summed E-state index contributed by atoms with van der Waals surface area (Å²) in [7, 11) is 0. The Morgan fingerprint density at radius 3 is 2.91 bits per heavy atom. The van der Waals surface area contributed by atoms with Crippen molar-refractivity contribution in [2.75, 3.05) is 0 Å². The van der Waals surface area contributed by atoms with Gasteiger partial charge in [0.05, 0.1) is 0 Å². The van der Waals surface area contributed by atoms with E-state index >= 15 is 0 Å². The predicted molar refractivity (Wildman–Crippen MR) is 49.7 cm³/mol. The first-order chi connectivity index (χ1) is 5.42. The quantitative estimate of drug-likeness (QED) is 0.686. The number of nitrogens with two attached hydrogens (primary N) is 1. The third-order valence-corrected chi connectivity index (χ3v) is 2.82. The first-order valence-electron chi connectivity index (χ1n) is 3.57. The zero-order valence-electron chi connectivity index (χ0n) is 6.08. The highest BCUT2D eigenvalue weighted by atomic mass is 32.1. The predicted octanol–water partition coefficient (Wildman–Crippen LogP) is 2.36. The Morgan fingerprint density at radius 2 is 2.09 bits per heavy atom. The van der Waals surface area contributed by atoms with Gasteiger partial charge in [0.25, 0.3) is 0 Å².